The fraction of sp³-hybridized carbons (Fsp3) is 0.280. The van der Waals surface area contributed by atoms with Crippen molar-refractivity contribution in [3.8, 4) is 0 Å². The third-order valence-electron chi connectivity index (χ3n) is 6.31. The zero-order valence-electron chi connectivity index (χ0n) is 18.3. The van der Waals surface area contributed by atoms with Crippen molar-refractivity contribution in [3.05, 3.63) is 89.0 Å². The number of furan rings is 1. The largest absolute Gasteiger partial charge is 0.459 e. The third kappa shape index (κ3) is 4.18. The number of piperazine rings is 1. The molecule has 1 saturated heterocycles. The summed E-state index contributed by atoms with van der Waals surface area (Å²) in [6, 6.07) is 13.2. The zero-order valence-corrected chi connectivity index (χ0v) is 19.0. The Kier molecular flexibility index (Phi) is 5.76. The summed E-state index contributed by atoms with van der Waals surface area (Å²) in [6.07, 6.45) is 3.28. The van der Waals surface area contributed by atoms with E-state index < -0.39 is 0 Å². The van der Waals surface area contributed by atoms with Crippen LogP contribution < -0.4 is 4.90 Å². The van der Waals surface area contributed by atoms with Crippen molar-refractivity contribution in [2.45, 2.75) is 32.0 Å². The molecule has 5 nitrogen and oxygen atoms in total. The lowest BCUT2D eigenvalue weighted by Crippen LogP contribution is -2.57. The molecule has 8 heteroatoms. The molecule has 2 aromatic heterocycles. The number of halogens is 3. The van der Waals surface area contributed by atoms with Crippen LogP contribution in [0.1, 0.15) is 31.0 Å². The molecule has 170 valence electrons. The maximum absolute atomic E-state index is 13.7. The Morgan fingerprint density at radius 2 is 1.55 bits per heavy atom. The summed E-state index contributed by atoms with van der Waals surface area (Å²) in [5.74, 6) is -0.564. The van der Waals surface area contributed by atoms with Crippen molar-refractivity contribution in [2.24, 2.45) is 0 Å². The van der Waals surface area contributed by atoms with Crippen molar-refractivity contribution >= 4 is 28.4 Å². The van der Waals surface area contributed by atoms with Crippen LogP contribution in [-0.2, 0) is 0 Å². The molecule has 4 aromatic rings. The molecular formula is C25H23ClF2N4O. The minimum Gasteiger partial charge on any atom is -0.459 e. The molecule has 0 radical (unpaired) electrons. The van der Waals surface area contributed by atoms with Gasteiger partial charge in [-0.1, -0.05) is 24.3 Å². The molecule has 33 heavy (non-hydrogen) atoms. The number of hydrogen-bond acceptors (Lipinski definition) is 5. The highest BCUT2D eigenvalue weighted by molar-refractivity contribution is 6.28. The van der Waals surface area contributed by atoms with Gasteiger partial charge in [0.15, 0.2) is 5.58 Å². The Morgan fingerprint density at radius 3 is 2.15 bits per heavy atom. The molecule has 1 aliphatic rings. The lowest BCUT2D eigenvalue weighted by molar-refractivity contribution is 0.130. The number of anilines is 1. The molecule has 0 aliphatic carbocycles. The number of nitrogens with zero attached hydrogens (tertiary/aromatic N) is 4. The number of hydrogen-bond donors (Lipinski definition) is 0. The van der Waals surface area contributed by atoms with E-state index in [2.05, 4.69) is 33.6 Å². The quantitative estimate of drug-likeness (QED) is 0.352. The van der Waals surface area contributed by atoms with E-state index in [-0.39, 0.29) is 35.0 Å². The van der Waals surface area contributed by atoms with E-state index in [1.54, 1.807) is 36.7 Å². The lowest BCUT2D eigenvalue weighted by Gasteiger charge is -2.48. The van der Waals surface area contributed by atoms with E-state index in [1.807, 2.05) is 0 Å². The van der Waals surface area contributed by atoms with Gasteiger partial charge < -0.3 is 9.32 Å². The van der Waals surface area contributed by atoms with Crippen LogP contribution in [0.5, 0.6) is 0 Å². The number of benzene rings is 2. The fourth-order valence-electron chi connectivity index (χ4n) is 4.71. The SMILES string of the molecule is C[C@@H]1CN(c2coc3cnc(Cl)nc23)[C@@H](C)CN1C(c1ccc(F)cc1)c1ccc(F)cc1. The molecule has 0 saturated carbocycles. The topological polar surface area (TPSA) is 45.4 Å². The second kappa shape index (κ2) is 8.72. The van der Waals surface area contributed by atoms with Gasteiger partial charge in [0, 0.05) is 25.2 Å². The molecule has 2 atom stereocenters. The molecule has 0 bridgehead atoms. The molecule has 0 unspecified atom stereocenters. The smallest absolute Gasteiger partial charge is 0.223 e. The monoisotopic (exact) mass is 468 g/mol. The van der Waals surface area contributed by atoms with E-state index in [0.29, 0.717) is 11.1 Å². The van der Waals surface area contributed by atoms with Gasteiger partial charge in [-0.2, -0.15) is 0 Å². The van der Waals surface area contributed by atoms with Gasteiger partial charge >= 0.3 is 0 Å². The Morgan fingerprint density at radius 1 is 0.939 bits per heavy atom. The Balaban J connectivity index is 1.49. The first-order valence-electron chi connectivity index (χ1n) is 10.8. The fourth-order valence-corrected chi connectivity index (χ4v) is 4.85. The predicted molar refractivity (Wildman–Crippen MR) is 124 cm³/mol. The van der Waals surface area contributed by atoms with Crippen LogP contribution in [0.3, 0.4) is 0 Å². The van der Waals surface area contributed by atoms with Gasteiger partial charge in [-0.15, -0.1) is 0 Å². The summed E-state index contributed by atoms with van der Waals surface area (Å²) >= 11 is 6.03. The van der Waals surface area contributed by atoms with E-state index in [9.17, 15) is 8.78 Å². The van der Waals surface area contributed by atoms with E-state index >= 15 is 0 Å². The lowest BCUT2D eigenvalue weighted by atomic mass is 9.93. The summed E-state index contributed by atoms with van der Waals surface area (Å²) < 4.78 is 33.0. The summed E-state index contributed by atoms with van der Waals surface area (Å²) in [6.45, 7) is 5.75. The van der Waals surface area contributed by atoms with E-state index in [4.69, 9.17) is 16.0 Å². The van der Waals surface area contributed by atoms with E-state index in [1.165, 1.54) is 24.3 Å². The van der Waals surface area contributed by atoms with Crippen molar-refractivity contribution < 1.29 is 13.2 Å². The Labute approximate surface area is 195 Å². The van der Waals surface area contributed by atoms with Crippen molar-refractivity contribution in [1.29, 1.82) is 0 Å². The first-order valence-corrected chi connectivity index (χ1v) is 11.2. The van der Waals surface area contributed by atoms with Crippen LogP contribution in [-0.4, -0.2) is 40.0 Å². The second-order valence-corrected chi connectivity index (χ2v) is 8.86. The van der Waals surface area contributed by atoms with Gasteiger partial charge in [-0.05, 0) is 60.8 Å². The average Bonchev–Trinajstić information content (AvgIpc) is 3.21. The van der Waals surface area contributed by atoms with Gasteiger partial charge in [-0.25, -0.2) is 18.7 Å². The first kappa shape index (κ1) is 21.8. The van der Waals surface area contributed by atoms with Crippen LogP contribution in [0.2, 0.25) is 5.28 Å². The maximum Gasteiger partial charge on any atom is 0.223 e. The van der Waals surface area contributed by atoms with Crippen LogP contribution in [0.15, 0.2) is 65.4 Å². The van der Waals surface area contributed by atoms with Gasteiger partial charge in [0.25, 0.3) is 0 Å². The Hall–Kier alpha value is -3.03. The Bertz CT molecular complexity index is 1220. The van der Waals surface area contributed by atoms with Crippen molar-refractivity contribution in [2.75, 3.05) is 18.0 Å². The average molecular weight is 469 g/mol. The molecule has 1 aliphatic heterocycles. The molecule has 5 rings (SSSR count). The maximum atomic E-state index is 13.7. The van der Waals surface area contributed by atoms with Crippen LogP contribution in [0.4, 0.5) is 14.5 Å². The third-order valence-corrected chi connectivity index (χ3v) is 6.49. The van der Waals surface area contributed by atoms with Crippen molar-refractivity contribution in [3.63, 3.8) is 0 Å². The van der Waals surface area contributed by atoms with Crippen molar-refractivity contribution in [1.82, 2.24) is 14.9 Å². The number of rotatable bonds is 4. The van der Waals surface area contributed by atoms with Gasteiger partial charge in [0.1, 0.15) is 29.1 Å². The molecule has 0 amide bonds. The highest BCUT2D eigenvalue weighted by Gasteiger charge is 2.36. The molecular weight excluding hydrogens is 446 g/mol. The number of aromatic nitrogens is 2. The molecule has 0 N–H and O–H groups in total. The van der Waals surface area contributed by atoms with Crippen LogP contribution in [0.25, 0.3) is 11.1 Å². The summed E-state index contributed by atoms with van der Waals surface area (Å²) in [7, 11) is 0. The van der Waals surface area contributed by atoms with Gasteiger partial charge in [0.05, 0.1) is 12.2 Å². The molecule has 0 spiro atoms. The van der Waals surface area contributed by atoms with Gasteiger partial charge in [-0.3, -0.25) is 4.90 Å². The zero-order chi connectivity index (χ0) is 23.1. The highest BCUT2D eigenvalue weighted by atomic mass is 35.5. The number of fused-ring (bicyclic) bond motifs is 1. The summed E-state index contributed by atoms with van der Waals surface area (Å²) in [5.41, 5.74) is 4.09. The van der Waals surface area contributed by atoms with Crippen LogP contribution >= 0.6 is 11.6 Å². The molecule has 3 heterocycles. The minimum atomic E-state index is -0.282. The highest BCUT2D eigenvalue weighted by Crippen LogP contribution is 2.37. The predicted octanol–water partition coefficient (Wildman–Crippen LogP) is 5.84. The summed E-state index contributed by atoms with van der Waals surface area (Å²) in [5, 5.41) is 0.178. The normalized spacial score (nSPS) is 19.5. The first-order chi connectivity index (χ1) is 15.9. The molecule has 1 fully saturated rings. The van der Waals surface area contributed by atoms with Crippen LogP contribution in [0, 0.1) is 11.6 Å². The standard InChI is InChI=1S/C25H23ClF2N4O/c1-15-13-32(16(2)12-31(15)21-14-33-22-11-29-25(26)30-23(21)22)24(17-3-7-19(27)8-4-17)18-5-9-20(28)10-6-18/h3-11,14-16,24H,12-13H2,1-2H3/t15-,16+/m0/s1. The van der Waals surface area contributed by atoms with Gasteiger partial charge in [0.2, 0.25) is 5.28 Å². The molecule has 2 aromatic carbocycles. The second-order valence-electron chi connectivity index (χ2n) is 8.53. The minimum absolute atomic E-state index is 0.124. The van der Waals surface area contributed by atoms with E-state index in [0.717, 1.165) is 29.9 Å². The summed E-state index contributed by atoms with van der Waals surface area (Å²) in [4.78, 5) is 13.0.